The monoisotopic (exact) mass is 439 g/mol. The van der Waals surface area contributed by atoms with Gasteiger partial charge in [-0.1, -0.05) is 19.0 Å². The highest BCUT2D eigenvalue weighted by Crippen LogP contribution is 2.32. The molecule has 0 saturated carbocycles. The first kappa shape index (κ1) is 21.0. The molecule has 0 amide bonds. The molecule has 9 heteroatoms. The van der Waals surface area contributed by atoms with Crippen molar-refractivity contribution in [2.75, 3.05) is 20.2 Å². The van der Waals surface area contributed by atoms with Gasteiger partial charge in [0.2, 0.25) is 5.89 Å². The smallest absolute Gasteiger partial charge is 0.226 e. The Hall–Kier alpha value is -3.20. The number of aromatic nitrogens is 3. The molecule has 0 unspecified atom stereocenters. The van der Waals surface area contributed by atoms with Gasteiger partial charge in [0.15, 0.2) is 5.82 Å². The molecule has 1 aliphatic heterocycles. The minimum absolute atomic E-state index is 0.181. The lowest BCUT2D eigenvalue weighted by Crippen LogP contribution is -2.28. The molecule has 2 N–H and O–H groups in total. The summed E-state index contributed by atoms with van der Waals surface area (Å²) in [5.74, 6) is 2.81. The molecule has 1 aliphatic rings. The molecule has 4 rings (SSSR count). The van der Waals surface area contributed by atoms with Crippen molar-refractivity contribution in [3.05, 3.63) is 52.1 Å². The summed E-state index contributed by atoms with van der Waals surface area (Å²) in [6, 6.07) is 7.66. The van der Waals surface area contributed by atoms with E-state index in [0.717, 1.165) is 23.4 Å². The summed E-state index contributed by atoms with van der Waals surface area (Å²) in [5.41, 5.74) is 2.28. The molecule has 0 radical (unpaired) electrons. The number of aliphatic hydroxyl groups excluding tert-OH is 1. The number of aliphatic hydroxyl groups is 1. The van der Waals surface area contributed by atoms with E-state index in [9.17, 15) is 5.11 Å². The molecule has 0 aliphatic carbocycles. The molecule has 0 fully saturated rings. The number of nitrogens with one attached hydrogen (secondary N) is 1. The summed E-state index contributed by atoms with van der Waals surface area (Å²) in [6.45, 7) is 4.97. The van der Waals surface area contributed by atoms with Crippen molar-refractivity contribution in [1.29, 1.82) is 5.41 Å². The molecule has 0 saturated heterocycles. The van der Waals surface area contributed by atoms with Crippen LogP contribution in [-0.2, 0) is 6.42 Å². The molecule has 2 aromatic heterocycles. The minimum Gasteiger partial charge on any atom is -0.510 e. The number of hydrogen-bond acceptors (Lipinski definition) is 8. The summed E-state index contributed by atoms with van der Waals surface area (Å²) < 4.78 is 10.5. The molecule has 0 bridgehead atoms. The van der Waals surface area contributed by atoms with Crippen molar-refractivity contribution >= 4 is 22.7 Å². The van der Waals surface area contributed by atoms with Crippen LogP contribution in [-0.4, -0.2) is 51.2 Å². The Balaban J connectivity index is 1.39. The van der Waals surface area contributed by atoms with E-state index in [4.69, 9.17) is 14.7 Å². The van der Waals surface area contributed by atoms with Gasteiger partial charge >= 0.3 is 0 Å². The highest BCUT2D eigenvalue weighted by atomic mass is 32.1. The number of methoxy groups -OCH3 is 1. The van der Waals surface area contributed by atoms with Crippen molar-refractivity contribution in [1.82, 2.24) is 20.0 Å². The molecule has 3 heterocycles. The predicted octanol–water partition coefficient (Wildman–Crippen LogP) is 4.52. The Bertz CT molecular complexity index is 1100. The van der Waals surface area contributed by atoms with Crippen LogP contribution in [0.15, 0.2) is 39.9 Å². The number of ether oxygens (including phenoxy) is 1. The van der Waals surface area contributed by atoms with Crippen LogP contribution in [0.1, 0.15) is 42.9 Å². The zero-order chi connectivity index (χ0) is 22.0. The number of amidine groups is 1. The van der Waals surface area contributed by atoms with Gasteiger partial charge in [-0.15, -0.1) is 11.3 Å². The summed E-state index contributed by atoms with van der Waals surface area (Å²) in [5, 5.41) is 25.6. The quantitative estimate of drug-likeness (QED) is 0.531. The average molecular weight is 440 g/mol. The number of thiazole rings is 1. The van der Waals surface area contributed by atoms with Crippen molar-refractivity contribution in [2.24, 2.45) is 0 Å². The lowest BCUT2D eigenvalue weighted by atomic mass is 10.1. The van der Waals surface area contributed by atoms with Gasteiger partial charge in [0.1, 0.15) is 22.4 Å². The van der Waals surface area contributed by atoms with Gasteiger partial charge in [0, 0.05) is 29.8 Å². The number of aryl methyl sites for hydroxylation is 1. The van der Waals surface area contributed by atoms with Crippen LogP contribution in [0.4, 0.5) is 0 Å². The zero-order valence-electron chi connectivity index (χ0n) is 17.8. The Labute approximate surface area is 184 Å². The van der Waals surface area contributed by atoms with Gasteiger partial charge in [0.05, 0.1) is 24.9 Å². The third-order valence-corrected chi connectivity index (χ3v) is 5.96. The topological polar surface area (TPSA) is 108 Å². The molecule has 8 nitrogen and oxygen atoms in total. The maximum Gasteiger partial charge on any atom is 0.226 e. The van der Waals surface area contributed by atoms with E-state index in [-0.39, 0.29) is 11.7 Å². The van der Waals surface area contributed by atoms with Crippen LogP contribution in [0.3, 0.4) is 0 Å². The minimum atomic E-state index is 0.181. The van der Waals surface area contributed by atoms with E-state index in [1.165, 1.54) is 11.3 Å². The largest absolute Gasteiger partial charge is 0.510 e. The zero-order valence-corrected chi connectivity index (χ0v) is 18.6. The maximum atomic E-state index is 10.5. The highest BCUT2D eigenvalue weighted by Gasteiger charge is 2.30. The SMILES string of the molecule is COc1ccc(-c2csc(C3=C(O)CN(CCCc4nc(C(C)C)no4)C3=N)n2)cc1. The molecular formula is C22H25N5O3S. The normalized spacial score (nSPS) is 14.2. The molecule has 1 aromatic carbocycles. The third kappa shape index (κ3) is 4.46. The first-order chi connectivity index (χ1) is 15.0. The fourth-order valence-electron chi connectivity index (χ4n) is 3.36. The molecule has 162 valence electrons. The van der Waals surface area contributed by atoms with E-state index in [0.29, 0.717) is 47.6 Å². The van der Waals surface area contributed by atoms with Crippen molar-refractivity contribution in [3.8, 4) is 17.0 Å². The Morgan fingerprint density at radius 3 is 2.71 bits per heavy atom. The van der Waals surface area contributed by atoms with E-state index in [1.54, 1.807) is 7.11 Å². The second-order valence-electron chi connectivity index (χ2n) is 7.66. The number of benzene rings is 1. The van der Waals surface area contributed by atoms with Crippen molar-refractivity contribution in [3.63, 3.8) is 0 Å². The standard InChI is InChI=1S/C22H25N5O3S/c1-13(2)21-25-18(30-26-21)5-4-10-27-11-17(28)19(20(27)23)22-24-16(12-31-22)14-6-8-15(29-3)9-7-14/h6-9,12-13,23,28H,4-5,10-11H2,1-3H3. The Kier molecular flexibility index (Phi) is 6.03. The van der Waals surface area contributed by atoms with Gasteiger partial charge < -0.3 is 19.3 Å². The lowest BCUT2D eigenvalue weighted by molar-refractivity contribution is 0.336. The summed E-state index contributed by atoms with van der Waals surface area (Å²) in [7, 11) is 1.63. The van der Waals surface area contributed by atoms with Crippen LogP contribution < -0.4 is 4.74 Å². The summed E-state index contributed by atoms with van der Waals surface area (Å²) in [4.78, 5) is 10.9. The van der Waals surface area contributed by atoms with E-state index in [2.05, 4.69) is 15.1 Å². The number of hydrogen-bond donors (Lipinski definition) is 2. The van der Waals surface area contributed by atoms with E-state index in [1.807, 2.05) is 48.4 Å². The highest BCUT2D eigenvalue weighted by molar-refractivity contribution is 7.11. The fraction of sp³-hybridized carbons (Fsp3) is 0.364. The Morgan fingerprint density at radius 2 is 2.03 bits per heavy atom. The third-order valence-electron chi connectivity index (χ3n) is 5.10. The predicted molar refractivity (Wildman–Crippen MR) is 120 cm³/mol. The number of rotatable bonds is 8. The van der Waals surface area contributed by atoms with E-state index >= 15 is 0 Å². The van der Waals surface area contributed by atoms with Crippen LogP contribution in [0.2, 0.25) is 0 Å². The van der Waals surface area contributed by atoms with Crippen molar-refractivity contribution < 1.29 is 14.4 Å². The first-order valence-corrected chi connectivity index (χ1v) is 11.0. The molecule has 0 atom stereocenters. The van der Waals surface area contributed by atoms with Gasteiger partial charge in [-0.3, -0.25) is 5.41 Å². The Morgan fingerprint density at radius 1 is 1.26 bits per heavy atom. The second-order valence-corrected chi connectivity index (χ2v) is 8.52. The maximum absolute atomic E-state index is 10.5. The van der Waals surface area contributed by atoms with Gasteiger partial charge in [-0.2, -0.15) is 4.98 Å². The first-order valence-electron chi connectivity index (χ1n) is 10.1. The summed E-state index contributed by atoms with van der Waals surface area (Å²) >= 11 is 1.43. The average Bonchev–Trinajstić information content (AvgIpc) is 3.48. The molecule has 0 spiro atoms. The van der Waals surface area contributed by atoms with Crippen LogP contribution in [0.25, 0.3) is 16.8 Å². The van der Waals surface area contributed by atoms with Gasteiger partial charge in [-0.25, -0.2) is 4.98 Å². The van der Waals surface area contributed by atoms with E-state index < -0.39 is 0 Å². The van der Waals surface area contributed by atoms with Crippen LogP contribution >= 0.6 is 11.3 Å². The lowest BCUT2D eigenvalue weighted by Gasteiger charge is -2.17. The number of nitrogens with zero attached hydrogens (tertiary/aromatic N) is 4. The fourth-order valence-corrected chi connectivity index (χ4v) is 4.25. The molecule has 31 heavy (non-hydrogen) atoms. The summed E-state index contributed by atoms with van der Waals surface area (Å²) in [6.07, 6.45) is 1.39. The van der Waals surface area contributed by atoms with Crippen molar-refractivity contribution in [2.45, 2.75) is 32.6 Å². The van der Waals surface area contributed by atoms with Gasteiger partial charge in [-0.05, 0) is 30.7 Å². The molecular weight excluding hydrogens is 414 g/mol. The molecule has 3 aromatic rings. The second kappa shape index (κ2) is 8.89. The van der Waals surface area contributed by atoms with Gasteiger partial charge in [0.25, 0.3) is 0 Å². The van der Waals surface area contributed by atoms with Crippen LogP contribution in [0, 0.1) is 5.41 Å². The van der Waals surface area contributed by atoms with Crippen LogP contribution in [0.5, 0.6) is 5.75 Å².